The van der Waals surface area contributed by atoms with Gasteiger partial charge in [0, 0.05) is 18.2 Å². The summed E-state index contributed by atoms with van der Waals surface area (Å²) < 4.78 is 6.08. The number of hydrogen-bond donors (Lipinski definition) is 1. The first-order valence-corrected chi connectivity index (χ1v) is 6.29. The van der Waals surface area contributed by atoms with Crippen molar-refractivity contribution in [2.75, 3.05) is 13.7 Å². The second kappa shape index (κ2) is 6.38. The number of aliphatic hydroxyl groups is 1. The monoisotopic (exact) mass is 286 g/mol. The molecular formula is C13H19BrO2. The molecule has 2 unspecified atom stereocenters. The van der Waals surface area contributed by atoms with Crippen LogP contribution in [0.3, 0.4) is 0 Å². The van der Waals surface area contributed by atoms with Crippen LogP contribution < -0.4 is 0 Å². The molecule has 0 aliphatic carbocycles. The van der Waals surface area contributed by atoms with Gasteiger partial charge >= 0.3 is 0 Å². The van der Waals surface area contributed by atoms with Gasteiger partial charge in [0.25, 0.3) is 0 Å². The normalized spacial score (nSPS) is 14.8. The van der Waals surface area contributed by atoms with E-state index in [-0.39, 0.29) is 5.92 Å². The van der Waals surface area contributed by atoms with Crippen LogP contribution in [-0.2, 0) is 4.74 Å². The number of halogens is 1. The fourth-order valence-electron chi connectivity index (χ4n) is 1.71. The molecule has 0 fully saturated rings. The molecule has 1 aromatic carbocycles. The molecule has 1 aromatic rings. The van der Waals surface area contributed by atoms with Crippen molar-refractivity contribution in [3.8, 4) is 0 Å². The Kier molecular flexibility index (Phi) is 5.46. The summed E-state index contributed by atoms with van der Waals surface area (Å²) >= 11 is 3.48. The molecule has 0 saturated heterocycles. The molecule has 0 aliphatic rings. The van der Waals surface area contributed by atoms with Crippen molar-refractivity contribution in [2.24, 2.45) is 5.92 Å². The third-order valence-corrected chi connectivity index (χ3v) is 3.80. The van der Waals surface area contributed by atoms with Crippen molar-refractivity contribution in [2.45, 2.75) is 26.4 Å². The van der Waals surface area contributed by atoms with Crippen LogP contribution in [0.5, 0.6) is 0 Å². The molecule has 0 aromatic heterocycles. The largest absolute Gasteiger partial charge is 0.388 e. The van der Waals surface area contributed by atoms with E-state index in [1.165, 1.54) is 0 Å². The highest BCUT2D eigenvalue weighted by molar-refractivity contribution is 9.10. The van der Waals surface area contributed by atoms with E-state index < -0.39 is 6.10 Å². The lowest BCUT2D eigenvalue weighted by Crippen LogP contribution is -2.12. The zero-order valence-electron chi connectivity index (χ0n) is 10.0. The van der Waals surface area contributed by atoms with Gasteiger partial charge in [-0.05, 0) is 36.5 Å². The molecule has 0 radical (unpaired) electrons. The minimum Gasteiger partial charge on any atom is -0.388 e. The summed E-state index contributed by atoms with van der Waals surface area (Å²) in [4.78, 5) is 0. The first-order valence-electron chi connectivity index (χ1n) is 5.50. The highest BCUT2D eigenvalue weighted by Gasteiger charge is 2.18. The molecule has 0 spiro atoms. The van der Waals surface area contributed by atoms with E-state index in [1.54, 1.807) is 7.11 Å². The van der Waals surface area contributed by atoms with Gasteiger partial charge in [0.2, 0.25) is 0 Å². The molecule has 0 amide bonds. The Balaban J connectivity index is 2.79. The Morgan fingerprint density at radius 3 is 2.75 bits per heavy atom. The Labute approximate surface area is 106 Å². The molecule has 0 aliphatic heterocycles. The maximum Gasteiger partial charge on any atom is 0.0819 e. The Bertz CT molecular complexity index is 339. The minimum absolute atomic E-state index is 0.202. The van der Waals surface area contributed by atoms with Crippen molar-refractivity contribution in [1.29, 1.82) is 0 Å². The average molecular weight is 287 g/mol. The lowest BCUT2D eigenvalue weighted by molar-refractivity contribution is 0.0881. The summed E-state index contributed by atoms with van der Waals surface area (Å²) in [6.45, 7) is 4.75. The van der Waals surface area contributed by atoms with E-state index in [0.717, 1.165) is 22.0 Å². The number of rotatable bonds is 5. The minimum atomic E-state index is -0.423. The van der Waals surface area contributed by atoms with E-state index >= 15 is 0 Å². The highest BCUT2D eigenvalue weighted by Crippen LogP contribution is 2.30. The second-order valence-electron chi connectivity index (χ2n) is 4.16. The number of aliphatic hydroxyl groups excluding tert-OH is 1. The molecular weight excluding hydrogens is 268 g/mol. The number of benzene rings is 1. The van der Waals surface area contributed by atoms with Crippen LogP contribution in [0.2, 0.25) is 0 Å². The summed E-state index contributed by atoms with van der Waals surface area (Å²) in [5, 5.41) is 10.2. The smallest absolute Gasteiger partial charge is 0.0819 e. The summed E-state index contributed by atoms with van der Waals surface area (Å²) in [5.41, 5.74) is 2.11. The predicted octanol–water partition coefficient (Wildman–Crippen LogP) is 3.46. The number of ether oxygens (including phenoxy) is 1. The summed E-state index contributed by atoms with van der Waals surface area (Å²) in [6.07, 6.45) is 0.441. The van der Waals surface area contributed by atoms with Crippen LogP contribution in [0.15, 0.2) is 22.7 Å². The first kappa shape index (κ1) is 13.7. The van der Waals surface area contributed by atoms with E-state index in [0.29, 0.717) is 6.61 Å². The third kappa shape index (κ3) is 3.30. The predicted molar refractivity (Wildman–Crippen MR) is 69.5 cm³/mol. The molecule has 0 heterocycles. The van der Waals surface area contributed by atoms with Crippen LogP contribution in [-0.4, -0.2) is 18.8 Å². The van der Waals surface area contributed by atoms with Crippen LogP contribution in [0.4, 0.5) is 0 Å². The van der Waals surface area contributed by atoms with Gasteiger partial charge in [-0.25, -0.2) is 0 Å². The second-order valence-corrected chi connectivity index (χ2v) is 5.01. The van der Waals surface area contributed by atoms with Gasteiger partial charge in [-0.3, -0.25) is 0 Å². The van der Waals surface area contributed by atoms with Crippen LogP contribution >= 0.6 is 15.9 Å². The molecule has 90 valence electrons. The maximum absolute atomic E-state index is 10.2. The molecule has 2 nitrogen and oxygen atoms in total. The fraction of sp³-hybridized carbons (Fsp3) is 0.538. The average Bonchev–Trinajstić information content (AvgIpc) is 2.28. The van der Waals surface area contributed by atoms with Gasteiger partial charge in [0.1, 0.15) is 0 Å². The molecule has 2 atom stereocenters. The van der Waals surface area contributed by atoms with Crippen molar-refractivity contribution in [3.05, 3.63) is 33.8 Å². The van der Waals surface area contributed by atoms with Crippen molar-refractivity contribution in [3.63, 3.8) is 0 Å². The third-order valence-electron chi connectivity index (χ3n) is 2.94. The lowest BCUT2D eigenvalue weighted by atomic mass is 9.92. The quantitative estimate of drug-likeness (QED) is 0.898. The standard InChI is InChI=1S/C13H19BrO2/c1-9(7-8-16-3)13(15)11-5-4-6-12(14)10(11)2/h4-6,9,13,15H,7-8H2,1-3H3. The van der Waals surface area contributed by atoms with Crippen LogP contribution in [0.25, 0.3) is 0 Å². The summed E-state index contributed by atoms with van der Waals surface area (Å²) in [6, 6.07) is 5.93. The first-order chi connectivity index (χ1) is 7.57. The van der Waals surface area contributed by atoms with Gasteiger partial charge in [-0.2, -0.15) is 0 Å². The van der Waals surface area contributed by atoms with Crippen LogP contribution in [0.1, 0.15) is 30.6 Å². The van der Waals surface area contributed by atoms with E-state index in [9.17, 15) is 5.11 Å². The van der Waals surface area contributed by atoms with Crippen molar-refractivity contribution in [1.82, 2.24) is 0 Å². The SMILES string of the molecule is COCCC(C)C(O)c1cccc(Br)c1C. The molecule has 1 N–H and O–H groups in total. The Hall–Kier alpha value is -0.380. The van der Waals surface area contributed by atoms with Gasteiger partial charge in [-0.15, -0.1) is 0 Å². The molecule has 16 heavy (non-hydrogen) atoms. The van der Waals surface area contributed by atoms with Crippen molar-refractivity contribution >= 4 is 15.9 Å². The maximum atomic E-state index is 10.2. The Morgan fingerprint density at radius 2 is 2.12 bits per heavy atom. The van der Waals surface area contributed by atoms with E-state index in [4.69, 9.17) is 4.74 Å². The van der Waals surface area contributed by atoms with Gasteiger partial charge < -0.3 is 9.84 Å². The van der Waals surface area contributed by atoms with Gasteiger partial charge in [-0.1, -0.05) is 35.0 Å². The number of methoxy groups -OCH3 is 1. The van der Waals surface area contributed by atoms with Crippen LogP contribution in [0, 0.1) is 12.8 Å². The molecule has 1 rings (SSSR count). The van der Waals surface area contributed by atoms with Crippen molar-refractivity contribution < 1.29 is 9.84 Å². The van der Waals surface area contributed by atoms with Gasteiger partial charge in [0.15, 0.2) is 0 Å². The Morgan fingerprint density at radius 1 is 1.44 bits per heavy atom. The topological polar surface area (TPSA) is 29.5 Å². The molecule has 0 bridgehead atoms. The lowest BCUT2D eigenvalue weighted by Gasteiger charge is -2.21. The fourth-order valence-corrected chi connectivity index (χ4v) is 2.09. The van der Waals surface area contributed by atoms with E-state index in [1.807, 2.05) is 32.0 Å². The molecule has 3 heteroatoms. The summed E-state index contributed by atoms with van der Waals surface area (Å²) in [7, 11) is 1.68. The van der Waals surface area contributed by atoms with E-state index in [2.05, 4.69) is 15.9 Å². The summed E-state index contributed by atoms with van der Waals surface area (Å²) in [5.74, 6) is 0.202. The zero-order valence-corrected chi connectivity index (χ0v) is 11.6. The zero-order chi connectivity index (χ0) is 12.1. The highest BCUT2D eigenvalue weighted by atomic mass is 79.9. The molecule has 0 saturated carbocycles. The van der Waals surface area contributed by atoms with Gasteiger partial charge in [0.05, 0.1) is 6.10 Å². The number of hydrogen-bond acceptors (Lipinski definition) is 2.